The average Bonchev–Trinajstić information content (AvgIpc) is 2.81. The van der Waals surface area contributed by atoms with Crippen molar-refractivity contribution < 1.29 is 9.50 Å². The minimum absolute atomic E-state index is 0. The van der Waals surface area contributed by atoms with Crippen molar-refractivity contribution >= 4 is 24.0 Å². The third kappa shape index (κ3) is 3.15. The molecule has 0 amide bonds. The minimum atomic E-state index is -0.744. The number of aliphatic hydroxyl groups excluding tert-OH is 1. The zero-order chi connectivity index (χ0) is 12.4. The van der Waals surface area contributed by atoms with Crippen LogP contribution in [0.25, 0.3) is 0 Å². The summed E-state index contributed by atoms with van der Waals surface area (Å²) < 4.78 is 13.7. The fraction of sp³-hybridized carbons (Fsp3) is 0.538. The lowest BCUT2D eigenvalue weighted by atomic mass is 9.90. The maximum atomic E-state index is 13.7. The predicted molar refractivity (Wildman–Crippen MR) is 73.6 cm³/mol. The molecule has 2 rings (SSSR count). The normalized spacial score (nSPS) is 19.3. The smallest absolute Gasteiger partial charge is 0.129 e. The van der Waals surface area contributed by atoms with E-state index in [9.17, 15) is 9.50 Å². The molecule has 1 aromatic rings. The van der Waals surface area contributed by atoms with Crippen LogP contribution >= 0.6 is 24.0 Å². The van der Waals surface area contributed by atoms with E-state index in [2.05, 4.69) is 0 Å². The first kappa shape index (κ1) is 15.7. The second-order valence-corrected chi connectivity index (χ2v) is 5.10. The van der Waals surface area contributed by atoms with Gasteiger partial charge in [0.15, 0.2) is 0 Å². The summed E-state index contributed by atoms with van der Waals surface area (Å²) in [5.41, 5.74) is 6.18. The van der Waals surface area contributed by atoms with Crippen molar-refractivity contribution in [2.24, 2.45) is 11.7 Å². The van der Waals surface area contributed by atoms with Crippen molar-refractivity contribution in [2.45, 2.75) is 37.8 Å². The fourth-order valence-corrected chi connectivity index (χ4v) is 2.88. The standard InChI is InChI=1S/C13H17ClFNO.ClH/c14-9-6-3-7-10(15)11(9)12(16)13(17)8-4-1-2-5-8;/h3,6-8,12-13,17H,1-2,4-5,16H2;1H/t12-,13+;/m1./s1. The number of nitrogens with two attached hydrogens (primary N) is 1. The van der Waals surface area contributed by atoms with E-state index >= 15 is 0 Å². The Bertz CT molecular complexity index is 376. The molecule has 1 aromatic carbocycles. The molecule has 3 N–H and O–H groups in total. The predicted octanol–water partition coefficient (Wildman–Crippen LogP) is 3.45. The Kier molecular flexibility index (Phi) is 5.86. The summed E-state index contributed by atoms with van der Waals surface area (Å²) in [6, 6.07) is 3.71. The number of halogens is 3. The molecule has 1 fully saturated rings. The highest BCUT2D eigenvalue weighted by molar-refractivity contribution is 6.31. The molecule has 2 nitrogen and oxygen atoms in total. The molecular formula is C13H18Cl2FNO. The third-order valence-corrected chi connectivity index (χ3v) is 3.91. The fourth-order valence-electron chi connectivity index (χ4n) is 2.59. The maximum absolute atomic E-state index is 13.7. The van der Waals surface area contributed by atoms with Gasteiger partial charge in [0, 0.05) is 10.6 Å². The summed E-state index contributed by atoms with van der Waals surface area (Å²) in [4.78, 5) is 0. The Balaban J connectivity index is 0.00000162. The molecule has 2 atom stereocenters. The third-order valence-electron chi connectivity index (χ3n) is 3.58. The molecule has 0 radical (unpaired) electrons. The number of rotatable bonds is 3. The highest BCUT2D eigenvalue weighted by Crippen LogP contribution is 2.35. The van der Waals surface area contributed by atoms with Crippen LogP contribution in [0.4, 0.5) is 4.39 Å². The number of hydrogen-bond donors (Lipinski definition) is 2. The van der Waals surface area contributed by atoms with Crippen molar-refractivity contribution in [3.8, 4) is 0 Å². The Morgan fingerprint density at radius 1 is 1.33 bits per heavy atom. The lowest BCUT2D eigenvalue weighted by Crippen LogP contribution is -2.32. The van der Waals surface area contributed by atoms with E-state index < -0.39 is 18.0 Å². The van der Waals surface area contributed by atoms with Gasteiger partial charge in [-0.3, -0.25) is 0 Å². The van der Waals surface area contributed by atoms with E-state index in [1.807, 2.05) is 0 Å². The molecule has 0 heterocycles. The largest absolute Gasteiger partial charge is 0.391 e. The van der Waals surface area contributed by atoms with E-state index in [1.165, 1.54) is 12.1 Å². The van der Waals surface area contributed by atoms with Gasteiger partial charge in [0.2, 0.25) is 0 Å². The van der Waals surface area contributed by atoms with Crippen LogP contribution in [0.1, 0.15) is 37.3 Å². The van der Waals surface area contributed by atoms with Crippen molar-refractivity contribution in [3.05, 3.63) is 34.6 Å². The minimum Gasteiger partial charge on any atom is -0.391 e. The van der Waals surface area contributed by atoms with Gasteiger partial charge >= 0.3 is 0 Å². The van der Waals surface area contributed by atoms with Crippen LogP contribution in [0.15, 0.2) is 18.2 Å². The van der Waals surface area contributed by atoms with Crippen molar-refractivity contribution in [1.82, 2.24) is 0 Å². The lowest BCUT2D eigenvalue weighted by Gasteiger charge is -2.25. The SMILES string of the molecule is Cl.N[C@H](c1c(F)cccc1Cl)[C@@H](O)C1CCCC1. The van der Waals surface area contributed by atoms with Crippen LogP contribution in [0.5, 0.6) is 0 Å². The molecule has 18 heavy (non-hydrogen) atoms. The summed E-state index contributed by atoms with van der Waals surface area (Å²) in [5, 5.41) is 10.5. The van der Waals surface area contributed by atoms with Crippen LogP contribution in [0.2, 0.25) is 5.02 Å². The van der Waals surface area contributed by atoms with Gasteiger partial charge in [0.1, 0.15) is 5.82 Å². The van der Waals surface area contributed by atoms with Crippen LogP contribution in [0.3, 0.4) is 0 Å². The topological polar surface area (TPSA) is 46.2 Å². The van der Waals surface area contributed by atoms with E-state index in [0.29, 0.717) is 0 Å². The second-order valence-electron chi connectivity index (χ2n) is 4.70. The molecular weight excluding hydrogens is 276 g/mol. The molecule has 0 spiro atoms. The van der Waals surface area contributed by atoms with E-state index in [4.69, 9.17) is 17.3 Å². The van der Waals surface area contributed by atoms with Crippen molar-refractivity contribution in [1.29, 1.82) is 0 Å². The molecule has 102 valence electrons. The number of benzene rings is 1. The molecule has 1 aliphatic carbocycles. The Hall–Kier alpha value is -0.350. The lowest BCUT2D eigenvalue weighted by molar-refractivity contribution is 0.0833. The molecule has 1 aliphatic rings. The van der Waals surface area contributed by atoms with Gasteiger partial charge in [-0.05, 0) is 30.9 Å². The summed E-state index contributed by atoms with van der Waals surface area (Å²) in [6.45, 7) is 0. The van der Waals surface area contributed by atoms with Crippen molar-refractivity contribution in [3.63, 3.8) is 0 Å². The average molecular weight is 294 g/mol. The van der Waals surface area contributed by atoms with Crippen LogP contribution in [-0.2, 0) is 0 Å². The van der Waals surface area contributed by atoms with E-state index in [-0.39, 0.29) is 28.9 Å². The summed E-state index contributed by atoms with van der Waals surface area (Å²) in [7, 11) is 0. The first-order valence-electron chi connectivity index (χ1n) is 5.99. The highest BCUT2D eigenvalue weighted by atomic mass is 35.5. The first-order valence-corrected chi connectivity index (χ1v) is 6.36. The number of aliphatic hydroxyl groups is 1. The van der Waals surface area contributed by atoms with Gasteiger partial charge in [0.25, 0.3) is 0 Å². The van der Waals surface area contributed by atoms with E-state index in [0.717, 1.165) is 25.7 Å². The van der Waals surface area contributed by atoms with Gasteiger partial charge < -0.3 is 10.8 Å². The quantitative estimate of drug-likeness (QED) is 0.897. The van der Waals surface area contributed by atoms with Gasteiger partial charge in [-0.15, -0.1) is 12.4 Å². The molecule has 1 saturated carbocycles. The van der Waals surface area contributed by atoms with E-state index in [1.54, 1.807) is 6.07 Å². The number of hydrogen-bond acceptors (Lipinski definition) is 2. The van der Waals surface area contributed by atoms with Gasteiger partial charge in [-0.2, -0.15) is 0 Å². The van der Waals surface area contributed by atoms with Crippen LogP contribution in [-0.4, -0.2) is 11.2 Å². The first-order chi connectivity index (χ1) is 8.11. The zero-order valence-electron chi connectivity index (χ0n) is 9.98. The Morgan fingerprint density at radius 3 is 2.50 bits per heavy atom. The molecule has 5 heteroatoms. The zero-order valence-corrected chi connectivity index (χ0v) is 11.6. The maximum Gasteiger partial charge on any atom is 0.129 e. The summed E-state index contributed by atoms with van der Waals surface area (Å²) >= 11 is 5.94. The van der Waals surface area contributed by atoms with Gasteiger partial charge in [-0.1, -0.05) is 30.5 Å². The summed E-state index contributed by atoms with van der Waals surface area (Å²) in [5.74, 6) is -0.275. The van der Waals surface area contributed by atoms with Gasteiger partial charge in [0.05, 0.1) is 12.1 Å². The molecule has 0 aliphatic heterocycles. The molecule has 0 bridgehead atoms. The van der Waals surface area contributed by atoms with Crippen molar-refractivity contribution in [2.75, 3.05) is 0 Å². The molecule has 0 saturated heterocycles. The molecule has 0 unspecified atom stereocenters. The van der Waals surface area contributed by atoms with Gasteiger partial charge in [-0.25, -0.2) is 4.39 Å². The Morgan fingerprint density at radius 2 is 1.94 bits per heavy atom. The van der Waals surface area contributed by atoms with Crippen LogP contribution < -0.4 is 5.73 Å². The second kappa shape index (κ2) is 6.71. The Labute approximate surface area is 118 Å². The monoisotopic (exact) mass is 293 g/mol. The summed E-state index contributed by atoms with van der Waals surface area (Å²) in [6.07, 6.45) is 3.42. The molecule has 0 aromatic heterocycles. The van der Waals surface area contributed by atoms with Crippen LogP contribution in [0, 0.1) is 11.7 Å². The highest BCUT2D eigenvalue weighted by Gasteiger charge is 2.31.